The number of ether oxygens (including phenoxy) is 1. The molecule has 0 bridgehead atoms. The van der Waals surface area contributed by atoms with Gasteiger partial charge in [-0.3, -0.25) is 19.4 Å². The van der Waals surface area contributed by atoms with Crippen molar-refractivity contribution in [2.75, 3.05) is 34.2 Å². The third kappa shape index (κ3) is 11.4. The van der Waals surface area contributed by atoms with Crippen molar-refractivity contribution in [2.24, 2.45) is 0 Å². The summed E-state index contributed by atoms with van der Waals surface area (Å²) in [6.45, 7) is 10.7. The lowest BCUT2D eigenvalue weighted by molar-refractivity contribution is -0.158. The highest BCUT2D eigenvalue weighted by molar-refractivity contribution is 5.95. The second-order valence-electron chi connectivity index (χ2n) is 15.5. The Morgan fingerprint density at radius 3 is 2.00 bits per heavy atom. The van der Waals surface area contributed by atoms with Gasteiger partial charge in [0, 0.05) is 52.6 Å². The van der Waals surface area contributed by atoms with Gasteiger partial charge in [0.15, 0.2) is 0 Å². The molecule has 1 saturated heterocycles. The van der Waals surface area contributed by atoms with E-state index in [2.05, 4.69) is 10.3 Å². The van der Waals surface area contributed by atoms with Gasteiger partial charge in [-0.05, 0) is 81.9 Å². The summed E-state index contributed by atoms with van der Waals surface area (Å²) in [6, 6.07) is 22.1. The summed E-state index contributed by atoms with van der Waals surface area (Å²) in [7, 11) is 5.09. The summed E-state index contributed by atoms with van der Waals surface area (Å²) in [5.74, 6) is -0.859. The van der Waals surface area contributed by atoms with E-state index in [1.165, 1.54) is 15.9 Å². The zero-order chi connectivity index (χ0) is 38.1. The zero-order valence-corrected chi connectivity index (χ0v) is 32.2. The molecule has 52 heavy (non-hydrogen) atoms. The number of nitrogens with one attached hydrogen (secondary N) is 1. The highest BCUT2D eigenvalue weighted by atomic mass is 16.6. The largest absolute Gasteiger partial charge is 0.444 e. The number of benzene rings is 3. The Kier molecular flexibility index (Phi) is 13.6. The molecule has 0 aliphatic carbocycles. The zero-order valence-electron chi connectivity index (χ0n) is 32.2. The van der Waals surface area contributed by atoms with Gasteiger partial charge < -0.3 is 19.9 Å². The molecule has 3 aromatic carbocycles. The van der Waals surface area contributed by atoms with Crippen molar-refractivity contribution in [2.45, 2.75) is 96.4 Å². The van der Waals surface area contributed by atoms with Gasteiger partial charge in [-0.15, -0.1) is 0 Å². The molecule has 1 heterocycles. The third-order valence-corrected chi connectivity index (χ3v) is 9.52. The fourth-order valence-corrected chi connectivity index (χ4v) is 6.48. The van der Waals surface area contributed by atoms with Crippen molar-refractivity contribution in [3.63, 3.8) is 0 Å². The molecule has 1 aliphatic rings. The average Bonchev–Trinajstić information content (AvgIpc) is 3.10. The molecule has 0 unspecified atom stereocenters. The van der Waals surface area contributed by atoms with Crippen LogP contribution in [-0.4, -0.2) is 101 Å². The number of hydrazine groups is 1. The van der Waals surface area contributed by atoms with Gasteiger partial charge in [-0.25, -0.2) is 9.80 Å². The second kappa shape index (κ2) is 17.7. The van der Waals surface area contributed by atoms with E-state index in [1.54, 1.807) is 53.0 Å². The van der Waals surface area contributed by atoms with Gasteiger partial charge in [0.1, 0.15) is 17.7 Å². The SMILES string of the molecule is CN(C(=O)C=CCC(C)(C)NC(=O)OC(C)(C)C)[C@H](Cc1ccc2ccccc2c1)C(=O)N(C)[C@H](Cc1ccccc1)C(=O)N(C)N1CCCCC1. The Hall–Kier alpha value is -4.70. The molecule has 0 spiro atoms. The Morgan fingerprint density at radius 2 is 1.35 bits per heavy atom. The van der Waals surface area contributed by atoms with Gasteiger partial charge in [-0.1, -0.05) is 85.3 Å². The van der Waals surface area contributed by atoms with E-state index in [9.17, 15) is 19.2 Å². The topological polar surface area (TPSA) is 102 Å². The average molecular weight is 712 g/mol. The van der Waals surface area contributed by atoms with Gasteiger partial charge in [0.25, 0.3) is 5.91 Å². The molecule has 2 atom stereocenters. The molecule has 10 heteroatoms. The fourth-order valence-electron chi connectivity index (χ4n) is 6.48. The lowest BCUT2D eigenvalue weighted by atomic mass is 9.98. The third-order valence-electron chi connectivity index (χ3n) is 9.52. The minimum Gasteiger partial charge on any atom is -0.444 e. The standard InChI is InChI=1S/C42H57N5O5/c1-41(2,3)52-40(51)43-42(4,5)25-17-22-37(48)44(6)35(30-32-23-24-33-20-13-14-21-34(33)28-32)38(49)45(7)36(29-31-18-11-9-12-19-31)39(50)46(8)47-26-15-10-16-27-47/h9,11-14,17-24,28,35-36H,10,15-16,25-27,29-30H2,1-8H3,(H,43,51)/t35-,36-/m1/s1. The highest BCUT2D eigenvalue weighted by Crippen LogP contribution is 2.22. The van der Waals surface area contributed by atoms with E-state index in [-0.39, 0.29) is 24.1 Å². The Labute approximate surface area is 309 Å². The molecule has 3 aromatic rings. The van der Waals surface area contributed by atoms with Crippen LogP contribution in [-0.2, 0) is 32.0 Å². The van der Waals surface area contributed by atoms with Crippen LogP contribution >= 0.6 is 0 Å². The minimum atomic E-state index is -0.900. The molecular formula is C42H57N5O5. The van der Waals surface area contributed by atoms with Crippen LogP contribution < -0.4 is 5.32 Å². The van der Waals surface area contributed by atoms with Crippen LogP contribution in [0.4, 0.5) is 4.79 Å². The number of piperidine rings is 1. The number of fused-ring (bicyclic) bond motifs is 1. The normalized spacial score (nSPS) is 15.2. The number of hydrogen-bond acceptors (Lipinski definition) is 6. The van der Waals surface area contributed by atoms with Crippen molar-refractivity contribution < 1.29 is 23.9 Å². The predicted molar refractivity (Wildman–Crippen MR) is 206 cm³/mol. The Morgan fingerprint density at radius 1 is 0.750 bits per heavy atom. The smallest absolute Gasteiger partial charge is 0.408 e. The van der Waals surface area contributed by atoms with Crippen molar-refractivity contribution >= 4 is 34.6 Å². The molecule has 280 valence electrons. The molecule has 0 saturated carbocycles. The van der Waals surface area contributed by atoms with Gasteiger partial charge in [0.05, 0.1) is 0 Å². The first-order valence-electron chi connectivity index (χ1n) is 18.3. The van der Waals surface area contributed by atoms with E-state index in [0.717, 1.165) is 54.3 Å². The highest BCUT2D eigenvalue weighted by Gasteiger charge is 2.37. The molecule has 1 N–H and O–H groups in total. The van der Waals surface area contributed by atoms with E-state index in [1.807, 2.05) is 86.6 Å². The molecule has 1 fully saturated rings. The summed E-state index contributed by atoms with van der Waals surface area (Å²) in [6.07, 6.45) is 6.70. The van der Waals surface area contributed by atoms with Crippen LogP contribution in [0.2, 0.25) is 0 Å². The Bertz CT molecular complexity index is 1710. The molecule has 0 radical (unpaired) electrons. The summed E-state index contributed by atoms with van der Waals surface area (Å²) in [5.41, 5.74) is 0.507. The number of likely N-dealkylation sites (N-methyl/N-ethyl adjacent to an activating group) is 3. The second-order valence-corrected chi connectivity index (χ2v) is 15.5. The summed E-state index contributed by atoms with van der Waals surface area (Å²) >= 11 is 0. The Balaban J connectivity index is 1.61. The fraction of sp³-hybridized carbons (Fsp3) is 0.476. The molecule has 1 aliphatic heterocycles. The van der Waals surface area contributed by atoms with Crippen LogP contribution in [0.15, 0.2) is 84.9 Å². The first kappa shape index (κ1) is 40.1. The number of amides is 4. The van der Waals surface area contributed by atoms with Crippen molar-refractivity contribution in [1.29, 1.82) is 0 Å². The van der Waals surface area contributed by atoms with Crippen molar-refractivity contribution in [1.82, 2.24) is 25.1 Å². The lowest BCUT2D eigenvalue weighted by Gasteiger charge is -2.40. The summed E-state index contributed by atoms with van der Waals surface area (Å²) in [4.78, 5) is 58.2. The maximum absolute atomic E-state index is 14.7. The first-order valence-corrected chi connectivity index (χ1v) is 18.3. The van der Waals surface area contributed by atoms with Crippen molar-refractivity contribution in [3.8, 4) is 0 Å². The summed E-state index contributed by atoms with van der Waals surface area (Å²) < 4.78 is 5.40. The van der Waals surface area contributed by atoms with Gasteiger partial charge in [0.2, 0.25) is 11.8 Å². The monoisotopic (exact) mass is 711 g/mol. The molecule has 4 amide bonds. The van der Waals surface area contributed by atoms with Gasteiger partial charge >= 0.3 is 6.09 Å². The number of rotatable bonds is 13. The van der Waals surface area contributed by atoms with E-state index >= 15 is 0 Å². The van der Waals surface area contributed by atoms with E-state index in [4.69, 9.17) is 4.74 Å². The van der Waals surface area contributed by atoms with Crippen LogP contribution in [0, 0.1) is 0 Å². The summed E-state index contributed by atoms with van der Waals surface area (Å²) in [5, 5.41) is 8.72. The molecule has 4 rings (SSSR count). The van der Waals surface area contributed by atoms with Crippen LogP contribution in [0.3, 0.4) is 0 Å². The number of carbonyl (C=O) groups excluding carboxylic acids is 4. The van der Waals surface area contributed by atoms with Crippen LogP contribution in [0.1, 0.15) is 71.4 Å². The first-order chi connectivity index (χ1) is 24.5. The predicted octanol–water partition coefficient (Wildman–Crippen LogP) is 6.39. The van der Waals surface area contributed by atoms with Crippen LogP contribution in [0.5, 0.6) is 0 Å². The van der Waals surface area contributed by atoms with Crippen molar-refractivity contribution in [3.05, 3.63) is 96.1 Å². The number of nitrogens with zero attached hydrogens (tertiary/aromatic N) is 4. The van der Waals surface area contributed by atoms with Gasteiger partial charge in [-0.2, -0.15) is 0 Å². The molecular weight excluding hydrogens is 654 g/mol. The minimum absolute atomic E-state index is 0.167. The van der Waals surface area contributed by atoms with E-state index in [0.29, 0.717) is 12.8 Å². The lowest BCUT2D eigenvalue weighted by Crippen LogP contribution is -2.58. The maximum atomic E-state index is 14.7. The van der Waals surface area contributed by atoms with Crippen LogP contribution in [0.25, 0.3) is 10.8 Å². The molecule has 0 aromatic heterocycles. The maximum Gasteiger partial charge on any atom is 0.408 e. The number of hydrogen-bond donors (Lipinski definition) is 1. The number of alkyl carbamates (subject to hydrolysis) is 1. The number of carbonyl (C=O) groups is 4. The molecule has 10 nitrogen and oxygen atoms in total. The quantitative estimate of drug-likeness (QED) is 0.206. The van der Waals surface area contributed by atoms with E-state index < -0.39 is 29.3 Å².